The summed E-state index contributed by atoms with van der Waals surface area (Å²) in [5.74, 6) is 0. The second-order valence-electron chi connectivity index (χ2n) is 2.68. The molecule has 0 saturated carbocycles. The fourth-order valence-electron chi connectivity index (χ4n) is 0.519. The molecule has 56 valence electrons. The second kappa shape index (κ2) is 3.11. The van der Waals surface area contributed by atoms with Gasteiger partial charge in [0.25, 0.3) is 0 Å². The zero-order valence-electron chi connectivity index (χ0n) is 6.16. The van der Waals surface area contributed by atoms with Gasteiger partial charge in [0.1, 0.15) is 0 Å². The largest absolute Gasteiger partial charge is 0.592 e. The summed E-state index contributed by atoms with van der Waals surface area (Å²) in [5.41, 5.74) is 0. The van der Waals surface area contributed by atoms with Gasteiger partial charge >= 0.3 is 0 Å². The Morgan fingerprint density at radius 1 is 0.889 bits per heavy atom. The quantitative estimate of drug-likeness (QED) is 0.636. The molecule has 0 unspecified atom stereocenters. The zero-order valence-corrected chi connectivity index (χ0v) is 9.58. The highest BCUT2D eigenvalue weighted by molar-refractivity contribution is 8.26. The summed E-state index contributed by atoms with van der Waals surface area (Å²) in [6.07, 6.45) is -2.77. The Balaban J connectivity index is 4.07. The van der Waals surface area contributed by atoms with Crippen molar-refractivity contribution < 1.29 is 0 Å². The van der Waals surface area contributed by atoms with Crippen molar-refractivity contribution in [3.8, 4) is 0 Å². The lowest BCUT2D eigenvalue weighted by molar-refractivity contribution is 2.11. The maximum absolute atomic E-state index is 5.14. The van der Waals surface area contributed by atoms with Crippen molar-refractivity contribution in [2.75, 3.05) is 26.7 Å². The van der Waals surface area contributed by atoms with Crippen molar-refractivity contribution in [1.29, 1.82) is 0 Å². The molecule has 0 rings (SSSR count). The minimum Gasteiger partial charge on any atom is -0.592 e. The van der Waals surface area contributed by atoms with Gasteiger partial charge in [-0.15, -0.1) is 36.0 Å². The first kappa shape index (κ1) is 10.3. The highest BCUT2D eigenvalue weighted by Crippen LogP contribution is 2.62. The maximum atomic E-state index is 5.14. The van der Waals surface area contributed by atoms with Gasteiger partial charge in [-0.3, -0.25) is 0 Å². The van der Waals surface area contributed by atoms with Crippen LogP contribution in [0.5, 0.6) is 0 Å². The Hall–Kier alpha value is 1.26. The van der Waals surface area contributed by atoms with Crippen LogP contribution >= 0.6 is 12.4 Å². The van der Waals surface area contributed by atoms with Crippen LogP contribution in [0.2, 0.25) is 0 Å². The number of nitrogens with zero attached hydrogens (tertiary/aromatic N) is 1. The molecule has 0 saturated heterocycles. The van der Waals surface area contributed by atoms with E-state index in [1.807, 2.05) is 26.7 Å². The molecule has 0 atom stereocenters. The first-order chi connectivity index (χ1) is 3.71. The lowest BCUT2D eigenvalue weighted by Gasteiger charge is -2.36. The lowest BCUT2D eigenvalue weighted by Crippen LogP contribution is -1.73. The summed E-state index contributed by atoms with van der Waals surface area (Å²) in [4.78, 5) is 4.39. The van der Waals surface area contributed by atoms with Crippen molar-refractivity contribution in [1.82, 2.24) is 0 Å². The van der Waals surface area contributed by atoms with Crippen LogP contribution in [-0.2, 0) is 23.6 Å². The third kappa shape index (κ3) is 9.26. The summed E-state index contributed by atoms with van der Waals surface area (Å²) in [7, 11) is 0. The number of hydrogen-bond donors (Lipinski definition) is 0. The van der Waals surface area contributed by atoms with Gasteiger partial charge in [-0.25, -0.2) is 0 Å². The van der Waals surface area contributed by atoms with Gasteiger partial charge in [-0.2, -0.15) is 0 Å². The van der Waals surface area contributed by atoms with Crippen LogP contribution in [-0.4, -0.2) is 26.7 Å². The third-order valence-corrected chi connectivity index (χ3v) is 5.19. The summed E-state index contributed by atoms with van der Waals surface area (Å²) in [6.45, 7) is 8.04. The summed E-state index contributed by atoms with van der Waals surface area (Å²) in [6, 6.07) is 0. The topological polar surface area (TPSA) is 14.1 Å². The first-order valence-corrected chi connectivity index (χ1v) is 9.85. The molecule has 0 aliphatic heterocycles. The van der Waals surface area contributed by atoms with E-state index in [9.17, 15) is 0 Å². The van der Waals surface area contributed by atoms with Gasteiger partial charge in [-0.1, -0.05) is 26.7 Å². The van der Waals surface area contributed by atoms with Crippen LogP contribution in [0, 0.1) is 0 Å². The van der Waals surface area contributed by atoms with Crippen molar-refractivity contribution in [3.63, 3.8) is 0 Å². The Morgan fingerprint density at radius 2 is 1.11 bits per heavy atom. The minimum absolute atomic E-state index is 1.38. The van der Waals surface area contributed by atoms with E-state index in [4.69, 9.17) is 23.6 Å². The van der Waals surface area contributed by atoms with Crippen molar-refractivity contribution in [3.05, 3.63) is 4.86 Å². The van der Waals surface area contributed by atoms with E-state index in [0.29, 0.717) is 0 Å². The van der Waals surface area contributed by atoms with E-state index in [1.54, 1.807) is 0 Å². The second-order valence-corrected chi connectivity index (χ2v) is 13.9. The number of rotatable bonds is 2. The van der Waals surface area contributed by atoms with E-state index < -0.39 is 12.4 Å². The molecular weight excluding hydrogens is 188 g/mol. The smallest absolute Gasteiger partial charge is 0.0524 e. The van der Waals surface area contributed by atoms with Gasteiger partial charge in [-0.05, 0) is 0 Å². The molecule has 0 fully saturated rings. The van der Waals surface area contributed by atoms with Crippen molar-refractivity contribution in [2.45, 2.75) is 0 Å². The highest BCUT2D eigenvalue weighted by Gasteiger charge is 1.92. The summed E-state index contributed by atoms with van der Waals surface area (Å²) < 4.78 is 0. The molecule has 0 aromatic carbocycles. The van der Waals surface area contributed by atoms with E-state index in [-0.39, 0.29) is 0 Å². The molecule has 0 aliphatic rings. The zero-order chi connectivity index (χ0) is 7.71. The van der Waals surface area contributed by atoms with Crippen molar-refractivity contribution in [2.24, 2.45) is 0 Å². The standard InChI is InChI=1S/C4H12NP2S2/c1-6(2,8)5-7(3,4)9/h1-4H3/q-1. The van der Waals surface area contributed by atoms with Gasteiger partial charge in [0.05, 0.1) is 0 Å². The Morgan fingerprint density at radius 3 is 1.11 bits per heavy atom. The molecule has 0 heterocycles. The molecule has 0 spiro atoms. The lowest BCUT2D eigenvalue weighted by atomic mass is 11.9. The summed E-state index contributed by atoms with van der Waals surface area (Å²) >= 11 is 10.3. The number of hydrogen-bond acceptors (Lipinski definition) is 2. The molecule has 0 amide bonds. The molecule has 0 N–H and O–H groups in total. The van der Waals surface area contributed by atoms with Gasteiger partial charge in [0.15, 0.2) is 0 Å². The van der Waals surface area contributed by atoms with Gasteiger partial charge < -0.3 is 4.86 Å². The maximum Gasteiger partial charge on any atom is -0.0524 e. The molecule has 1 nitrogen and oxygen atoms in total. The van der Waals surface area contributed by atoms with E-state index in [2.05, 4.69) is 4.86 Å². The van der Waals surface area contributed by atoms with E-state index in [0.717, 1.165) is 0 Å². The monoisotopic (exact) mass is 200 g/mol. The van der Waals surface area contributed by atoms with Crippen LogP contribution in [0.15, 0.2) is 0 Å². The predicted molar refractivity (Wildman–Crippen MR) is 55.6 cm³/mol. The fourth-order valence-corrected chi connectivity index (χ4v) is 8.37. The van der Waals surface area contributed by atoms with Crippen LogP contribution in [0.1, 0.15) is 0 Å². The SMILES string of the molecule is CP(C)(=S)[N-]P(C)(C)=S. The van der Waals surface area contributed by atoms with Crippen LogP contribution < -0.4 is 0 Å². The average molecular weight is 200 g/mol. The fraction of sp³-hybridized carbons (Fsp3) is 1.00. The predicted octanol–water partition coefficient (Wildman–Crippen LogP) is 2.67. The van der Waals surface area contributed by atoms with Gasteiger partial charge in [0, 0.05) is 0 Å². The van der Waals surface area contributed by atoms with Crippen LogP contribution in [0.25, 0.3) is 4.86 Å². The average Bonchev–Trinajstić information content (AvgIpc) is 1.14. The first-order valence-electron chi connectivity index (χ1n) is 2.55. The molecule has 0 aromatic rings. The molecule has 5 heteroatoms. The third-order valence-electron chi connectivity index (χ3n) is 0.431. The molecule has 0 aromatic heterocycles. The highest BCUT2D eigenvalue weighted by atomic mass is 32.5. The van der Waals surface area contributed by atoms with Crippen LogP contribution in [0.4, 0.5) is 0 Å². The van der Waals surface area contributed by atoms with Crippen molar-refractivity contribution >= 4 is 36.0 Å². The molecule has 0 aliphatic carbocycles. The molecule has 0 bridgehead atoms. The molecular formula is C4H12NP2S2-. The Labute approximate surface area is 67.7 Å². The molecule has 0 radical (unpaired) electrons. The Bertz CT molecular complexity index is 157. The Kier molecular flexibility index (Phi) is 3.54. The van der Waals surface area contributed by atoms with E-state index >= 15 is 0 Å². The normalized spacial score (nSPS) is 13.8. The van der Waals surface area contributed by atoms with Gasteiger partial charge in [0.2, 0.25) is 0 Å². The molecule has 9 heavy (non-hydrogen) atoms. The van der Waals surface area contributed by atoms with Crippen LogP contribution in [0.3, 0.4) is 0 Å². The van der Waals surface area contributed by atoms with E-state index in [1.165, 1.54) is 0 Å². The minimum atomic E-state index is -1.38. The summed E-state index contributed by atoms with van der Waals surface area (Å²) in [5, 5.41) is 0.